The first-order valence-corrected chi connectivity index (χ1v) is 8.71. The molecule has 0 aliphatic rings. The van der Waals surface area contributed by atoms with E-state index in [1.54, 1.807) is 0 Å². The van der Waals surface area contributed by atoms with Crippen molar-refractivity contribution in [2.24, 2.45) is 5.73 Å². The first kappa shape index (κ1) is 19.7. The molecular weight excluding hydrogens is 378 g/mol. The van der Waals surface area contributed by atoms with Gasteiger partial charge in [0.15, 0.2) is 0 Å². The van der Waals surface area contributed by atoms with Crippen LogP contribution in [0.5, 0.6) is 5.75 Å². The maximum Gasteiger partial charge on any atom is 0.417 e. The van der Waals surface area contributed by atoms with Gasteiger partial charge in [0, 0.05) is 16.9 Å². The van der Waals surface area contributed by atoms with Crippen molar-refractivity contribution in [1.29, 1.82) is 0 Å². The normalized spacial score (nSPS) is 15.4. The Labute approximate surface area is 140 Å². The lowest BCUT2D eigenvalue weighted by atomic mass is 10.2. The van der Waals surface area contributed by atoms with Crippen LogP contribution in [0.25, 0.3) is 0 Å². The van der Waals surface area contributed by atoms with Gasteiger partial charge in [0.2, 0.25) is 0 Å². The Hall–Kier alpha value is -1.38. The van der Waals surface area contributed by atoms with Crippen molar-refractivity contribution in [2.45, 2.75) is 24.1 Å². The smallest absolute Gasteiger partial charge is 0.417 e. The number of hydrogen-bond donors (Lipinski definition) is 1. The van der Waals surface area contributed by atoms with Gasteiger partial charge in [-0.25, -0.2) is 8.42 Å². The summed E-state index contributed by atoms with van der Waals surface area (Å²) in [5, 5.41) is -0.229. The summed E-state index contributed by atoms with van der Waals surface area (Å²) in [5.41, 5.74) is 3.81. The lowest BCUT2D eigenvalue weighted by Crippen LogP contribution is -2.16. The third kappa shape index (κ3) is 5.96. The van der Waals surface area contributed by atoms with Gasteiger partial charge in [-0.2, -0.15) is 13.2 Å². The molecule has 0 saturated heterocycles. The number of allylic oxidation sites excluding steroid dienone is 2. The Bertz CT molecular complexity index is 713. The molecule has 0 heterocycles. The third-order valence-electron chi connectivity index (χ3n) is 2.61. The van der Waals surface area contributed by atoms with Crippen LogP contribution < -0.4 is 10.5 Å². The number of benzene rings is 1. The van der Waals surface area contributed by atoms with Gasteiger partial charge in [0.1, 0.15) is 11.9 Å². The number of nitrogens with two attached hydrogens (primary N) is 1. The molecule has 0 amide bonds. The molecule has 0 aliphatic heterocycles. The van der Waals surface area contributed by atoms with Crippen LogP contribution in [-0.4, -0.2) is 20.7 Å². The second kappa shape index (κ2) is 7.46. The zero-order valence-corrected chi connectivity index (χ0v) is 14.0. The summed E-state index contributed by atoms with van der Waals surface area (Å²) in [6, 6.07) is 5.00. The Morgan fingerprint density at radius 1 is 1.30 bits per heavy atom. The Kier molecular flexibility index (Phi) is 6.38. The van der Waals surface area contributed by atoms with E-state index in [9.17, 15) is 21.6 Å². The molecule has 0 aliphatic carbocycles. The van der Waals surface area contributed by atoms with Crippen molar-refractivity contribution >= 4 is 31.3 Å². The van der Waals surface area contributed by atoms with Crippen molar-refractivity contribution in [3.63, 3.8) is 0 Å². The SMILES string of the molecule is CC(Oc1ccc(S(=O)(=O)Cl)cc1)/C(Cl)=C\C(=C/N)C(F)(F)F. The Balaban J connectivity index is 2.89. The van der Waals surface area contributed by atoms with E-state index >= 15 is 0 Å². The predicted octanol–water partition coefficient (Wildman–Crippen LogP) is 3.91. The second-order valence-electron chi connectivity index (χ2n) is 4.32. The highest BCUT2D eigenvalue weighted by atomic mass is 35.7. The second-order valence-corrected chi connectivity index (χ2v) is 7.32. The van der Waals surface area contributed by atoms with Crippen LogP contribution >= 0.6 is 22.3 Å². The zero-order chi connectivity index (χ0) is 17.8. The molecule has 0 fully saturated rings. The number of ether oxygens (including phenoxy) is 1. The molecule has 10 heteroatoms. The minimum absolute atomic E-state index is 0.133. The van der Waals surface area contributed by atoms with Crippen LogP contribution in [0.15, 0.2) is 52.0 Å². The van der Waals surface area contributed by atoms with Gasteiger partial charge in [0.05, 0.1) is 15.5 Å². The highest BCUT2D eigenvalue weighted by molar-refractivity contribution is 8.13. The topological polar surface area (TPSA) is 69.4 Å². The first-order chi connectivity index (χ1) is 10.4. The van der Waals surface area contributed by atoms with Gasteiger partial charge in [-0.05, 0) is 37.3 Å². The number of halogens is 5. The van der Waals surface area contributed by atoms with Crippen molar-refractivity contribution in [2.75, 3.05) is 0 Å². The molecular formula is C13H12Cl2F3NO3S. The predicted molar refractivity (Wildman–Crippen MR) is 81.8 cm³/mol. The van der Waals surface area contributed by atoms with E-state index in [0.29, 0.717) is 12.3 Å². The van der Waals surface area contributed by atoms with Gasteiger partial charge in [-0.3, -0.25) is 0 Å². The van der Waals surface area contributed by atoms with Gasteiger partial charge in [0.25, 0.3) is 9.05 Å². The molecule has 1 atom stereocenters. The summed E-state index contributed by atoms with van der Waals surface area (Å²) in [4.78, 5) is -0.133. The fraction of sp³-hybridized carbons (Fsp3) is 0.231. The lowest BCUT2D eigenvalue weighted by Gasteiger charge is -2.15. The van der Waals surface area contributed by atoms with Crippen LogP contribution in [0.3, 0.4) is 0 Å². The molecule has 128 valence electrons. The van der Waals surface area contributed by atoms with E-state index in [0.717, 1.165) is 0 Å². The summed E-state index contributed by atoms with van der Waals surface area (Å²) < 4.78 is 65.2. The summed E-state index contributed by atoms with van der Waals surface area (Å²) in [5.74, 6) is 0.207. The van der Waals surface area contributed by atoms with E-state index in [-0.39, 0.29) is 15.7 Å². The maximum absolute atomic E-state index is 12.6. The summed E-state index contributed by atoms with van der Waals surface area (Å²) in [6.45, 7) is 1.43. The molecule has 23 heavy (non-hydrogen) atoms. The lowest BCUT2D eigenvalue weighted by molar-refractivity contribution is -0.0884. The molecule has 1 aromatic carbocycles. The van der Waals surface area contributed by atoms with Crippen molar-refractivity contribution in [1.82, 2.24) is 0 Å². The maximum atomic E-state index is 12.6. The zero-order valence-electron chi connectivity index (χ0n) is 11.6. The minimum atomic E-state index is -4.63. The molecule has 0 radical (unpaired) electrons. The standard InChI is InChI=1S/C13H12Cl2F3NO3S/c1-8(12(14)6-9(7-19)13(16,17)18)22-10-2-4-11(5-3-10)23(15,20)21/h2-8H,19H2,1H3/b9-7+,12-6+. The first-order valence-electron chi connectivity index (χ1n) is 6.02. The molecule has 0 bridgehead atoms. The highest BCUT2D eigenvalue weighted by Gasteiger charge is 2.32. The van der Waals surface area contributed by atoms with Crippen LogP contribution in [0, 0.1) is 0 Å². The molecule has 0 spiro atoms. The van der Waals surface area contributed by atoms with Crippen LogP contribution in [0.1, 0.15) is 6.92 Å². The average molecular weight is 390 g/mol. The van der Waals surface area contributed by atoms with E-state index in [4.69, 9.17) is 32.8 Å². The summed E-state index contributed by atoms with van der Waals surface area (Å²) in [6.07, 6.45) is -4.49. The van der Waals surface area contributed by atoms with Gasteiger partial charge < -0.3 is 10.5 Å². The average Bonchev–Trinajstić information content (AvgIpc) is 2.42. The number of alkyl halides is 3. The van der Waals surface area contributed by atoms with Crippen LogP contribution in [-0.2, 0) is 9.05 Å². The molecule has 1 unspecified atom stereocenters. The van der Waals surface area contributed by atoms with Crippen LogP contribution in [0.2, 0.25) is 0 Å². The van der Waals surface area contributed by atoms with Crippen molar-refractivity contribution in [3.8, 4) is 5.75 Å². The molecule has 0 saturated carbocycles. The van der Waals surface area contributed by atoms with E-state index < -0.39 is 26.9 Å². The highest BCUT2D eigenvalue weighted by Crippen LogP contribution is 2.29. The minimum Gasteiger partial charge on any atom is -0.485 e. The molecule has 1 rings (SSSR count). The summed E-state index contributed by atoms with van der Waals surface area (Å²) >= 11 is 5.79. The molecule has 4 nitrogen and oxygen atoms in total. The van der Waals surface area contributed by atoms with E-state index in [2.05, 4.69) is 0 Å². The Morgan fingerprint density at radius 2 is 1.83 bits per heavy atom. The largest absolute Gasteiger partial charge is 0.485 e. The molecule has 1 aromatic rings. The fourth-order valence-electron chi connectivity index (χ4n) is 1.43. The quantitative estimate of drug-likeness (QED) is 0.612. The fourth-order valence-corrected chi connectivity index (χ4v) is 2.36. The van der Waals surface area contributed by atoms with E-state index in [1.807, 2.05) is 0 Å². The van der Waals surface area contributed by atoms with Gasteiger partial charge >= 0.3 is 6.18 Å². The monoisotopic (exact) mass is 389 g/mol. The Morgan fingerprint density at radius 3 is 2.22 bits per heavy atom. The van der Waals surface area contributed by atoms with Crippen molar-refractivity contribution < 1.29 is 26.3 Å². The molecule has 2 N–H and O–H groups in total. The van der Waals surface area contributed by atoms with Gasteiger partial charge in [-0.15, -0.1) is 0 Å². The summed E-state index contributed by atoms with van der Waals surface area (Å²) in [7, 11) is 1.29. The number of hydrogen-bond acceptors (Lipinski definition) is 4. The number of rotatable bonds is 5. The molecule has 0 aromatic heterocycles. The van der Waals surface area contributed by atoms with Crippen molar-refractivity contribution in [3.05, 3.63) is 47.1 Å². The third-order valence-corrected chi connectivity index (χ3v) is 4.39. The van der Waals surface area contributed by atoms with E-state index in [1.165, 1.54) is 31.2 Å². The van der Waals surface area contributed by atoms with Gasteiger partial charge in [-0.1, -0.05) is 11.6 Å². The van der Waals surface area contributed by atoms with Crippen LogP contribution in [0.4, 0.5) is 13.2 Å².